The number of alkyl halides is 1. The van der Waals surface area contributed by atoms with Gasteiger partial charge in [0.2, 0.25) is 0 Å². The number of aliphatic hydroxyl groups is 1. The Kier molecular flexibility index (Phi) is 4.20. The minimum absolute atomic E-state index is 0.153. The molecule has 0 bridgehead atoms. The van der Waals surface area contributed by atoms with Crippen molar-refractivity contribution in [1.82, 2.24) is 0 Å². The van der Waals surface area contributed by atoms with Gasteiger partial charge in [-0.1, -0.05) is 34.1 Å². The molecule has 2 atom stereocenters. The third-order valence-electron chi connectivity index (χ3n) is 2.08. The van der Waals surface area contributed by atoms with Gasteiger partial charge in [0, 0.05) is 5.56 Å². The van der Waals surface area contributed by atoms with Gasteiger partial charge in [0.15, 0.2) is 11.9 Å². The molecule has 0 spiro atoms. The molecular weight excluding hydrogens is 276 g/mol. The summed E-state index contributed by atoms with van der Waals surface area (Å²) >= 11 is 3.14. The number of hydrogen-bond acceptors (Lipinski definition) is 3. The van der Waals surface area contributed by atoms with E-state index in [1.54, 1.807) is 19.1 Å². The topological polar surface area (TPSA) is 74.6 Å². The van der Waals surface area contributed by atoms with Crippen LogP contribution in [0.15, 0.2) is 24.3 Å². The number of aliphatic hydroxyl groups excluding tert-OH is 1. The molecule has 0 amide bonds. The van der Waals surface area contributed by atoms with Crippen molar-refractivity contribution < 1.29 is 19.8 Å². The first-order valence-electron chi connectivity index (χ1n) is 4.62. The monoisotopic (exact) mass is 286 g/mol. The van der Waals surface area contributed by atoms with Crippen molar-refractivity contribution >= 4 is 27.7 Å². The minimum atomic E-state index is -1.60. The number of hydrogen-bond donors (Lipinski definition) is 2. The molecule has 0 saturated heterocycles. The van der Waals surface area contributed by atoms with Gasteiger partial charge in [-0.05, 0) is 18.6 Å². The summed E-state index contributed by atoms with van der Waals surface area (Å²) in [6.07, 6.45) is -1.60. The molecule has 86 valence electrons. The summed E-state index contributed by atoms with van der Waals surface area (Å²) in [7, 11) is 0. The van der Waals surface area contributed by atoms with Crippen LogP contribution in [-0.4, -0.2) is 26.8 Å². The summed E-state index contributed by atoms with van der Waals surface area (Å²) in [4.78, 5) is 21.8. The van der Waals surface area contributed by atoms with Gasteiger partial charge in [-0.15, -0.1) is 0 Å². The summed E-state index contributed by atoms with van der Waals surface area (Å²) in [6, 6.07) is 5.98. The molecule has 0 aliphatic carbocycles. The van der Waals surface area contributed by atoms with Crippen LogP contribution in [0.5, 0.6) is 0 Å². The molecule has 0 heterocycles. The van der Waals surface area contributed by atoms with Crippen LogP contribution in [0.25, 0.3) is 0 Å². The van der Waals surface area contributed by atoms with E-state index in [9.17, 15) is 14.7 Å². The van der Waals surface area contributed by atoms with Crippen LogP contribution < -0.4 is 0 Å². The largest absolute Gasteiger partial charge is 0.479 e. The Labute approximate surface area is 101 Å². The molecule has 1 rings (SSSR count). The van der Waals surface area contributed by atoms with Crippen LogP contribution in [0, 0.1) is 0 Å². The smallest absolute Gasteiger partial charge is 0.337 e. The van der Waals surface area contributed by atoms with Crippen molar-refractivity contribution in [3.63, 3.8) is 0 Å². The summed E-state index contributed by atoms with van der Waals surface area (Å²) < 4.78 is 0. The van der Waals surface area contributed by atoms with E-state index in [4.69, 9.17) is 5.11 Å². The second-order valence-corrected chi connectivity index (χ2v) is 4.72. The Morgan fingerprint density at radius 3 is 2.50 bits per heavy atom. The van der Waals surface area contributed by atoms with Crippen LogP contribution >= 0.6 is 15.9 Å². The second-order valence-electron chi connectivity index (χ2n) is 3.35. The maximum Gasteiger partial charge on any atom is 0.337 e. The van der Waals surface area contributed by atoms with Crippen molar-refractivity contribution in [2.75, 3.05) is 0 Å². The van der Waals surface area contributed by atoms with E-state index in [-0.39, 0.29) is 16.2 Å². The summed E-state index contributed by atoms with van der Waals surface area (Å²) in [5.41, 5.74) is 0.577. The average molecular weight is 287 g/mol. The fourth-order valence-electron chi connectivity index (χ4n) is 1.23. The third-order valence-corrected chi connectivity index (χ3v) is 2.50. The number of carbonyl (C=O) groups is 2. The van der Waals surface area contributed by atoms with Gasteiger partial charge in [0.1, 0.15) is 0 Å². The lowest BCUT2D eigenvalue weighted by atomic mass is 10.0. The number of carboxylic acid groups (broad SMARTS) is 1. The van der Waals surface area contributed by atoms with Gasteiger partial charge < -0.3 is 10.2 Å². The predicted molar refractivity (Wildman–Crippen MR) is 61.8 cm³/mol. The van der Waals surface area contributed by atoms with E-state index in [2.05, 4.69) is 15.9 Å². The van der Waals surface area contributed by atoms with Crippen LogP contribution in [0.3, 0.4) is 0 Å². The van der Waals surface area contributed by atoms with Gasteiger partial charge in [-0.3, -0.25) is 4.79 Å². The van der Waals surface area contributed by atoms with Crippen molar-refractivity contribution in [2.45, 2.75) is 17.9 Å². The van der Waals surface area contributed by atoms with E-state index in [0.29, 0.717) is 5.56 Å². The van der Waals surface area contributed by atoms with Crippen molar-refractivity contribution in [1.29, 1.82) is 0 Å². The molecule has 16 heavy (non-hydrogen) atoms. The first-order chi connectivity index (χ1) is 7.43. The zero-order valence-electron chi connectivity index (χ0n) is 8.55. The molecule has 0 saturated carbocycles. The van der Waals surface area contributed by atoms with Crippen LogP contribution in [0.4, 0.5) is 0 Å². The van der Waals surface area contributed by atoms with Gasteiger partial charge in [0.25, 0.3) is 0 Å². The minimum Gasteiger partial charge on any atom is -0.479 e. The van der Waals surface area contributed by atoms with Gasteiger partial charge in [-0.2, -0.15) is 0 Å². The average Bonchev–Trinajstić information content (AvgIpc) is 2.26. The summed E-state index contributed by atoms with van der Waals surface area (Å²) in [6.45, 7) is 1.68. The van der Waals surface area contributed by atoms with E-state index in [0.717, 1.165) is 0 Å². The molecule has 0 aromatic heterocycles. The Morgan fingerprint density at radius 2 is 2.00 bits per heavy atom. The van der Waals surface area contributed by atoms with Crippen LogP contribution in [0.1, 0.15) is 28.9 Å². The van der Waals surface area contributed by atoms with E-state index < -0.39 is 12.1 Å². The maximum atomic E-state index is 11.6. The zero-order valence-corrected chi connectivity index (χ0v) is 10.1. The first kappa shape index (κ1) is 12.9. The van der Waals surface area contributed by atoms with Crippen molar-refractivity contribution in [3.8, 4) is 0 Å². The molecular formula is C11H11BrO4. The molecule has 4 nitrogen and oxygen atoms in total. The van der Waals surface area contributed by atoms with E-state index in [1.807, 2.05) is 0 Å². The highest BCUT2D eigenvalue weighted by Crippen LogP contribution is 2.17. The number of carbonyl (C=O) groups excluding carboxylic acids is 1. The number of benzene rings is 1. The third kappa shape index (κ3) is 2.90. The normalized spacial score (nSPS) is 14.2. The maximum absolute atomic E-state index is 11.6. The quantitative estimate of drug-likeness (QED) is 0.653. The second kappa shape index (κ2) is 5.23. The van der Waals surface area contributed by atoms with Gasteiger partial charge >= 0.3 is 5.97 Å². The molecule has 1 aromatic carbocycles. The molecule has 1 aromatic rings. The standard InChI is InChI=1S/C11H11BrO4/c1-6(12)9(13)7-3-2-4-8(5-7)10(14)11(15)16/h2-6,10,14H,1H3,(H,15,16). The Morgan fingerprint density at radius 1 is 1.38 bits per heavy atom. The molecule has 5 heteroatoms. The highest BCUT2D eigenvalue weighted by molar-refractivity contribution is 9.10. The molecule has 0 radical (unpaired) electrons. The number of rotatable bonds is 4. The number of carboxylic acids is 1. The molecule has 2 unspecified atom stereocenters. The van der Waals surface area contributed by atoms with Crippen molar-refractivity contribution in [3.05, 3.63) is 35.4 Å². The SMILES string of the molecule is CC(Br)C(=O)c1cccc(C(O)C(=O)O)c1. The predicted octanol–water partition coefficient (Wildman–Crippen LogP) is 1.77. The summed E-state index contributed by atoms with van der Waals surface area (Å²) in [5, 5.41) is 17.9. The number of ketones is 1. The highest BCUT2D eigenvalue weighted by atomic mass is 79.9. The van der Waals surface area contributed by atoms with E-state index in [1.165, 1.54) is 12.1 Å². The summed E-state index contributed by atoms with van der Waals surface area (Å²) in [5.74, 6) is -1.49. The molecule has 0 aliphatic rings. The Balaban J connectivity index is 3.04. The van der Waals surface area contributed by atoms with Gasteiger partial charge in [-0.25, -0.2) is 4.79 Å². The number of aliphatic carboxylic acids is 1. The van der Waals surface area contributed by atoms with Crippen LogP contribution in [0.2, 0.25) is 0 Å². The molecule has 0 fully saturated rings. The molecule has 0 aliphatic heterocycles. The highest BCUT2D eigenvalue weighted by Gasteiger charge is 2.18. The lowest BCUT2D eigenvalue weighted by Crippen LogP contribution is -2.13. The zero-order chi connectivity index (χ0) is 12.3. The fourth-order valence-corrected chi connectivity index (χ4v) is 1.50. The van der Waals surface area contributed by atoms with Gasteiger partial charge in [0.05, 0.1) is 4.83 Å². The number of halogens is 1. The molecule has 2 N–H and O–H groups in total. The van der Waals surface area contributed by atoms with E-state index >= 15 is 0 Å². The Hall–Kier alpha value is -1.20. The first-order valence-corrected chi connectivity index (χ1v) is 5.54. The van der Waals surface area contributed by atoms with Crippen LogP contribution in [-0.2, 0) is 4.79 Å². The lowest BCUT2D eigenvalue weighted by Gasteiger charge is -2.08. The fraction of sp³-hybridized carbons (Fsp3) is 0.273. The lowest BCUT2D eigenvalue weighted by molar-refractivity contribution is -0.146. The Bertz CT molecular complexity index is 414. The van der Waals surface area contributed by atoms with Crippen molar-refractivity contribution in [2.24, 2.45) is 0 Å². The number of Topliss-reactive ketones (excluding diaryl/α,β-unsaturated/α-hetero) is 1.